The van der Waals surface area contributed by atoms with Crippen LogP contribution in [0.2, 0.25) is 0 Å². The molecule has 9 aromatic rings. The average molecular weight is 699 g/mol. The summed E-state index contributed by atoms with van der Waals surface area (Å²) in [6, 6.07) is 67.4. The Kier molecular flexibility index (Phi) is 9.66. The van der Waals surface area contributed by atoms with Crippen LogP contribution in [-0.2, 0) is 17.8 Å². The first-order valence-corrected chi connectivity index (χ1v) is 19.1. The van der Waals surface area contributed by atoms with Crippen molar-refractivity contribution >= 4 is 67.0 Å². The number of halogens is 1. The number of rotatable bonds is 9. The zero-order valence-corrected chi connectivity index (χ0v) is 30.0. The van der Waals surface area contributed by atoms with E-state index in [2.05, 4.69) is 197 Å². The van der Waals surface area contributed by atoms with Crippen LogP contribution in [0.15, 0.2) is 188 Å². The summed E-state index contributed by atoms with van der Waals surface area (Å²) in [7, 11) is 0. The van der Waals surface area contributed by atoms with Gasteiger partial charge in [0.2, 0.25) is 0 Å². The van der Waals surface area contributed by atoms with Gasteiger partial charge in [-0.2, -0.15) is 0 Å². The Morgan fingerprint density at radius 1 is 0.373 bits per heavy atom. The van der Waals surface area contributed by atoms with Gasteiger partial charge in [0.15, 0.2) is 0 Å². The molecule has 0 aliphatic carbocycles. The molecule has 0 bridgehead atoms. The third kappa shape index (κ3) is 6.22. The highest BCUT2D eigenvalue weighted by Crippen LogP contribution is 2.48. The van der Waals surface area contributed by atoms with Gasteiger partial charge in [-0.15, -0.1) is 23.4 Å². The number of fused-ring (bicyclic) bond motifs is 6. The van der Waals surface area contributed by atoms with Crippen LogP contribution in [0.3, 0.4) is 0 Å². The van der Waals surface area contributed by atoms with Gasteiger partial charge in [-0.3, -0.25) is 0 Å². The molecule has 0 amide bonds. The van der Waals surface area contributed by atoms with Gasteiger partial charge < -0.3 is 9.13 Å². The van der Waals surface area contributed by atoms with Crippen molar-refractivity contribution in [1.29, 1.82) is 0 Å². The Hall–Kier alpha value is -5.22. The van der Waals surface area contributed by atoms with E-state index in [1.165, 1.54) is 60.3 Å². The fourth-order valence-corrected chi connectivity index (χ4v) is 9.29. The van der Waals surface area contributed by atoms with E-state index in [9.17, 15) is 0 Å². The van der Waals surface area contributed by atoms with Crippen LogP contribution in [0, 0.1) is 0 Å². The summed E-state index contributed by atoms with van der Waals surface area (Å²) in [5.41, 5.74) is 9.07. The Morgan fingerprint density at radius 3 is 1.00 bits per heavy atom. The molecular weight excluding hydrogens is 660 g/mol. The maximum atomic E-state index is 5.87. The highest BCUT2D eigenvalue weighted by atomic mass is 35.5. The predicted octanol–water partition coefficient (Wildman–Crippen LogP) is 12.6. The molecule has 0 saturated heterocycles. The number of thioether (sulfide) groups is 1. The van der Waals surface area contributed by atoms with Crippen LogP contribution in [-0.4, -0.2) is 20.8 Å². The quantitative estimate of drug-likeness (QED) is 0.108. The van der Waals surface area contributed by atoms with Crippen LogP contribution in [0.5, 0.6) is 0 Å². The van der Waals surface area contributed by atoms with E-state index < -0.39 is 0 Å². The Bertz CT molecular complexity index is 2320. The van der Waals surface area contributed by atoms with Gasteiger partial charge in [0.05, 0.1) is 4.75 Å². The maximum absolute atomic E-state index is 5.87. The summed E-state index contributed by atoms with van der Waals surface area (Å²) < 4.78 is 4.49. The summed E-state index contributed by atoms with van der Waals surface area (Å²) in [6.45, 7) is 1.79. The van der Waals surface area contributed by atoms with Crippen LogP contribution >= 0.6 is 23.4 Å². The SMILES string of the molecule is ClCCn1c2ccccc2c2ccccc21.c1ccc(C(SCCn2c3ccccc3c3ccccc32)(c2ccccc2)c2ccccc2)cc1. The minimum atomic E-state index is -0.289. The van der Waals surface area contributed by atoms with Crippen molar-refractivity contribution in [3.63, 3.8) is 0 Å². The van der Waals surface area contributed by atoms with Crippen LogP contribution in [0.4, 0.5) is 0 Å². The van der Waals surface area contributed by atoms with E-state index in [4.69, 9.17) is 11.6 Å². The van der Waals surface area contributed by atoms with Gasteiger partial charge in [-0.25, -0.2) is 0 Å². The summed E-state index contributed by atoms with van der Waals surface area (Å²) >= 11 is 7.90. The third-order valence-corrected chi connectivity index (χ3v) is 11.5. The van der Waals surface area contributed by atoms with Crippen molar-refractivity contribution < 1.29 is 0 Å². The molecule has 2 aromatic heterocycles. The highest BCUT2D eigenvalue weighted by molar-refractivity contribution is 8.00. The zero-order valence-electron chi connectivity index (χ0n) is 28.4. The van der Waals surface area contributed by atoms with Crippen molar-refractivity contribution in [1.82, 2.24) is 9.13 Å². The van der Waals surface area contributed by atoms with E-state index >= 15 is 0 Å². The monoisotopic (exact) mass is 698 g/mol. The number of aromatic nitrogens is 2. The largest absolute Gasteiger partial charge is 0.340 e. The second-order valence-electron chi connectivity index (χ2n) is 12.7. The maximum Gasteiger partial charge on any atom is 0.0907 e. The Morgan fingerprint density at radius 2 is 0.667 bits per heavy atom. The lowest BCUT2D eigenvalue weighted by Gasteiger charge is -2.35. The number of hydrogen-bond donors (Lipinski definition) is 0. The molecule has 7 aromatic carbocycles. The van der Waals surface area contributed by atoms with Gasteiger partial charge in [0.1, 0.15) is 0 Å². The summed E-state index contributed by atoms with van der Waals surface area (Å²) in [4.78, 5) is 0. The van der Waals surface area contributed by atoms with Crippen molar-refractivity contribution in [2.45, 2.75) is 17.8 Å². The van der Waals surface area contributed by atoms with Crippen LogP contribution < -0.4 is 0 Å². The topological polar surface area (TPSA) is 9.86 Å². The molecule has 0 saturated carbocycles. The third-order valence-electron chi connectivity index (χ3n) is 9.84. The van der Waals surface area contributed by atoms with Crippen LogP contribution in [0.25, 0.3) is 43.6 Å². The molecule has 0 N–H and O–H groups in total. The first-order valence-electron chi connectivity index (χ1n) is 17.6. The Balaban J connectivity index is 0.000000194. The minimum Gasteiger partial charge on any atom is -0.340 e. The number of nitrogens with zero attached hydrogens (tertiary/aromatic N) is 2. The zero-order chi connectivity index (χ0) is 34.5. The summed E-state index contributed by atoms with van der Waals surface area (Å²) in [5, 5.41) is 5.27. The van der Waals surface area contributed by atoms with Gasteiger partial charge in [0.25, 0.3) is 0 Å². The molecule has 2 nitrogen and oxygen atoms in total. The lowest BCUT2D eigenvalue weighted by atomic mass is 9.84. The highest BCUT2D eigenvalue weighted by Gasteiger charge is 2.36. The van der Waals surface area contributed by atoms with E-state index in [1.54, 1.807) is 0 Å². The lowest BCUT2D eigenvalue weighted by Crippen LogP contribution is -2.26. The molecule has 0 spiro atoms. The lowest BCUT2D eigenvalue weighted by molar-refractivity contribution is 0.823. The second kappa shape index (κ2) is 14.9. The van der Waals surface area contributed by atoms with E-state index in [-0.39, 0.29) is 4.75 Å². The van der Waals surface area contributed by atoms with Crippen molar-refractivity contribution in [3.05, 3.63) is 205 Å². The molecule has 0 radical (unpaired) electrons. The molecule has 0 atom stereocenters. The molecule has 0 fully saturated rings. The fraction of sp³-hybridized carbons (Fsp3) is 0.106. The first-order chi connectivity index (χ1) is 25.3. The van der Waals surface area contributed by atoms with E-state index in [0.29, 0.717) is 5.88 Å². The molecule has 250 valence electrons. The second-order valence-corrected chi connectivity index (χ2v) is 14.4. The van der Waals surface area contributed by atoms with Gasteiger partial charge in [-0.1, -0.05) is 164 Å². The molecule has 4 heteroatoms. The standard InChI is InChI=1S/C33H27NS.C14H12ClN/c1-4-14-26(15-5-1)33(27-16-6-2-7-17-27,28-18-8-3-9-19-28)35-25-24-34-31-22-12-10-20-29(31)30-21-11-13-23-32(30)34;15-9-10-16-13-7-3-1-5-11(13)12-6-2-4-8-14(12)16/h1-23H,24-25H2;1-8H,9-10H2. The number of para-hydroxylation sites is 4. The number of hydrogen-bond acceptors (Lipinski definition) is 1. The molecule has 9 rings (SSSR count). The Labute approximate surface area is 308 Å². The van der Waals surface area contributed by atoms with Gasteiger partial charge in [0, 0.05) is 68.3 Å². The molecule has 0 aliphatic rings. The smallest absolute Gasteiger partial charge is 0.0907 e. The summed E-state index contributed by atoms with van der Waals surface area (Å²) in [5.74, 6) is 1.62. The van der Waals surface area contributed by atoms with E-state index in [1.807, 2.05) is 11.8 Å². The van der Waals surface area contributed by atoms with Gasteiger partial charge in [-0.05, 0) is 41.0 Å². The van der Waals surface area contributed by atoms with Gasteiger partial charge >= 0.3 is 0 Å². The average Bonchev–Trinajstić information content (AvgIpc) is 3.70. The predicted molar refractivity (Wildman–Crippen MR) is 221 cm³/mol. The van der Waals surface area contributed by atoms with Crippen molar-refractivity contribution in [3.8, 4) is 0 Å². The fourth-order valence-electron chi connectivity index (χ4n) is 7.63. The number of alkyl halides is 1. The molecule has 2 heterocycles. The van der Waals surface area contributed by atoms with E-state index in [0.717, 1.165) is 18.8 Å². The molecular formula is C47H39ClN2S. The normalized spacial score (nSPS) is 11.6. The number of benzene rings is 7. The minimum absolute atomic E-state index is 0.289. The molecule has 51 heavy (non-hydrogen) atoms. The molecule has 0 aliphatic heterocycles. The first kappa shape index (κ1) is 33.0. The van der Waals surface area contributed by atoms with Crippen molar-refractivity contribution in [2.24, 2.45) is 0 Å². The molecule has 0 unspecified atom stereocenters. The van der Waals surface area contributed by atoms with Crippen LogP contribution in [0.1, 0.15) is 16.7 Å². The summed E-state index contributed by atoms with van der Waals surface area (Å²) in [6.07, 6.45) is 0. The van der Waals surface area contributed by atoms with Crippen molar-refractivity contribution in [2.75, 3.05) is 11.6 Å². The number of aryl methyl sites for hydroxylation is 2.